The van der Waals surface area contributed by atoms with Gasteiger partial charge in [-0.05, 0) is 41.8 Å². The van der Waals surface area contributed by atoms with Gasteiger partial charge < -0.3 is 4.74 Å². The van der Waals surface area contributed by atoms with Crippen LogP contribution in [0.4, 0.5) is 5.69 Å². The number of para-hydroxylation sites is 1. The van der Waals surface area contributed by atoms with E-state index >= 15 is 0 Å². The third kappa shape index (κ3) is 2.69. The maximum Gasteiger partial charge on any atom is 0.128 e. The lowest BCUT2D eigenvalue weighted by molar-refractivity contribution is 0.272. The molecular formula is C20H14ClNOS2. The molecule has 3 heterocycles. The van der Waals surface area contributed by atoms with Crippen molar-refractivity contribution in [1.82, 2.24) is 0 Å². The number of rotatable bonds is 1. The molecule has 2 nitrogen and oxygen atoms in total. The fourth-order valence-electron chi connectivity index (χ4n) is 3.37. The Hall–Kier alpha value is -1.75. The normalized spacial score (nSPS) is 21.2. The van der Waals surface area contributed by atoms with Crippen LogP contribution in [0.1, 0.15) is 15.7 Å². The summed E-state index contributed by atoms with van der Waals surface area (Å²) in [5.41, 5.74) is 3.13. The van der Waals surface area contributed by atoms with Crippen LogP contribution in [0, 0.1) is 5.92 Å². The molecule has 0 saturated carbocycles. The summed E-state index contributed by atoms with van der Waals surface area (Å²) < 4.78 is 6.08. The summed E-state index contributed by atoms with van der Waals surface area (Å²) in [6.07, 6.45) is 0. The quantitative estimate of drug-likeness (QED) is 0.486. The number of hydrogen-bond donors (Lipinski definition) is 0. The van der Waals surface area contributed by atoms with Gasteiger partial charge in [0.05, 0.1) is 29.2 Å². The first-order valence-electron chi connectivity index (χ1n) is 8.10. The summed E-state index contributed by atoms with van der Waals surface area (Å²) in [6.45, 7) is 0.636. The summed E-state index contributed by atoms with van der Waals surface area (Å²) in [4.78, 5) is 7.63. The van der Waals surface area contributed by atoms with Crippen molar-refractivity contribution in [2.24, 2.45) is 10.9 Å². The van der Waals surface area contributed by atoms with Crippen molar-refractivity contribution in [2.75, 3.05) is 6.61 Å². The van der Waals surface area contributed by atoms with Crippen LogP contribution in [0.25, 0.3) is 0 Å². The number of thioether (sulfide) groups is 1. The highest BCUT2D eigenvalue weighted by Gasteiger charge is 2.37. The number of benzene rings is 2. The van der Waals surface area contributed by atoms with Crippen LogP contribution in [0.5, 0.6) is 5.75 Å². The molecule has 2 atom stereocenters. The van der Waals surface area contributed by atoms with E-state index in [-0.39, 0.29) is 11.2 Å². The molecule has 25 heavy (non-hydrogen) atoms. The maximum atomic E-state index is 6.27. The van der Waals surface area contributed by atoms with E-state index in [1.54, 1.807) is 11.3 Å². The number of halogens is 1. The first kappa shape index (κ1) is 15.5. The molecule has 2 aliphatic heterocycles. The van der Waals surface area contributed by atoms with Crippen LogP contribution < -0.4 is 4.74 Å². The van der Waals surface area contributed by atoms with Crippen LogP contribution in [-0.4, -0.2) is 12.3 Å². The summed E-state index contributed by atoms with van der Waals surface area (Å²) in [5, 5.41) is 3.14. The molecule has 0 amide bonds. The van der Waals surface area contributed by atoms with Crippen LogP contribution >= 0.6 is 34.7 Å². The molecule has 0 unspecified atom stereocenters. The van der Waals surface area contributed by atoms with Crippen LogP contribution in [0.15, 0.2) is 69.9 Å². The van der Waals surface area contributed by atoms with Gasteiger partial charge in [0.1, 0.15) is 5.75 Å². The lowest BCUT2D eigenvalue weighted by Gasteiger charge is -2.31. The molecule has 0 spiro atoms. The summed E-state index contributed by atoms with van der Waals surface area (Å²) in [7, 11) is 0. The Balaban J connectivity index is 1.73. The zero-order valence-corrected chi connectivity index (χ0v) is 15.6. The van der Waals surface area contributed by atoms with Crippen LogP contribution in [-0.2, 0) is 0 Å². The third-order valence-corrected chi connectivity index (χ3v) is 7.31. The van der Waals surface area contributed by atoms with Crippen molar-refractivity contribution in [3.8, 4) is 5.75 Å². The molecule has 0 radical (unpaired) electrons. The molecule has 2 aromatic carbocycles. The van der Waals surface area contributed by atoms with Crippen molar-refractivity contribution in [1.29, 1.82) is 0 Å². The molecule has 0 saturated heterocycles. The van der Waals surface area contributed by atoms with Gasteiger partial charge >= 0.3 is 0 Å². The van der Waals surface area contributed by atoms with Gasteiger partial charge in [-0.2, -0.15) is 0 Å². The molecule has 0 bridgehead atoms. The van der Waals surface area contributed by atoms with Crippen molar-refractivity contribution in [2.45, 2.75) is 10.1 Å². The maximum absolute atomic E-state index is 6.27. The number of ether oxygens (including phenoxy) is 1. The van der Waals surface area contributed by atoms with Gasteiger partial charge in [0.2, 0.25) is 0 Å². The van der Waals surface area contributed by atoms with Crippen LogP contribution in [0.2, 0.25) is 5.02 Å². The largest absolute Gasteiger partial charge is 0.492 e. The fourth-order valence-corrected chi connectivity index (χ4v) is 5.85. The third-order valence-electron chi connectivity index (χ3n) is 4.54. The average Bonchev–Trinajstić information content (AvgIpc) is 3.10. The highest BCUT2D eigenvalue weighted by molar-refractivity contribution is 7.99. The van der Waals surface area contributed by atoms with Crippen LogP contribution in [0.3, 0.4) is 0 Å². The predicted octanol–water partition coefficient (Wildman–Crippen LogP) is 6.38. The lowest BCUT2D eigenvalue weighted by Crippen LogP contribution is -2.31. The number of hydrogen-bond acceptors (Lipinski definition) is 4. The molecule has 124 valence electrons. The Morgan fingerprint density at radius 3 is 2.88 bits per heavy atom. The summed E-state index contributed by atoms with van der Waals surface area (Å²) >= 11 is 9.95. The molecule has 1 aromatic heterocycles. The molecule has 0 N–H and O–H groups in total. The van der Waals surface area contributed by atoms with Crippen molar-refractivity contribution >= 4 is 46.1 Å². The van der Waals surface area contributed by atoms with E-state index < -0.39 is 0 Å². The Morgan fingerprint density at radius 1 is 1.08 bits per heavy atom. The Labute approximate surface area is 159 Å². The predicted molar refractivity (Wildman–Crippen MR) is 106 cm³/mol. The molecule has 0 fully saturated rings. The lowest BCUT2D eigenvalue weighted by atomic mass is 9.90. The number of nitrogens with zero attached hydrogens (tertiary/aromatic N) is 1. The van der Waals surface area contributed by atoms with Gasteiger partial charge in [-0.1, -0.05) is 29.8 Å². The van der Waals surface area contributed by atoms with Gasteiger partial charge in [-0.25, -0.2) is 0 Å². The first-order chi connectivity index (χ1) is 12.3. The molecule has 3 aromatic rings. The van der Waals surface area contributed by atoms with E-state index in [0.717, 1.165) is 22.7 Å². The number of aliphatic imine (C=N–C) groups is 1. The van der Waals surface area contributed by atoms with E-state index in [0.29, 0.717) is 11.6 Å². The standard InChI is InChI=1S/C20H14ClNOS2/c21-12-7-8-16-13(10-12)19-14(11-23-16)20(18-6-3-9-24-18)25-17-5-2-1-4-15(17)22-19/h1-10,14,20H,11H2/t14-,20-/m1/s1. The average molecular weight is 384 g/mol. The Bertz CT molecular complexity index is 968. The second-order valence-electron chi connectivity index (χ2n) is 6.08. The SMILES string of the molecule is Clc1ccc2c(c1)C1=Nc3ccccc3S[C@@H](c3cccs3)[C@@H]1CO2. The molecule has 5 rings (SSSR count). The Morgan fingerprint density at radius 2 is 2.00 bits per heavy atom. The monoisotopic (exact) mass is 383 g/mol. The number of fused-ring (bicyclic) bond motifs is 4. The Kier molecular flexibility index (Phi) is 3.85. The van der Waals surface area contributed by atoms with Gasteiger partial charge in [-0.3, -0.25) is 4.99 Å². The molecule has 5 heteroatoms. The van der Waals surface area contributed by atoms with Crippen molar-refractivity contribution in [3.63, 3.8) is 0 Å². The minimum absolute atomic E-state index is 0.196. The van der Waals surface area contributed by atoms with E-state index in [2.05, 4.69) is 35.7 Å². The van der Waals surface area contributed by atoms with Crippen molar-refractivity contribution in [3.05, 3.63) is 75.4 Å². The molecule has 2 aliphatic rings. The second-order valence-corrected chi connectivity index (χ2v) is 8.68. The minimum atomic E-state index is 0.196. The first-order valence-corrected chi connectivity index (χ1v) is 10.2. The van der Waals surface area contributed by atoms with Gasteiger partial charge in [0.25, 0.3) is 0 Å². The smallest absolute Gasteiger partial charge is 0.128 e. The fraction of sp³-hybridized carbons (Fsp3) is 0.150. The molecule has 0 aliphatic carbocycles. The van der Waals surface area contributed by atoms with E-state index in [4.69, 9.17) is 21.3 Å². The minimum Gasteiger partial charge on any atom is -0.492 e. The summed E-state index contributed by atoms with van der Waals surface area (Å²) in [6, 6.07) is 18.5. The van der Waals surface area contributed by atoms with Crippen molar-refractivity contribution < 1.29 is 4.74 Å². The second kappa shape index (κ2) is 6.20. The van der Waals surface area contributed by atoms with Gasteiger partial charge in [0, 0.05) is 20.4 Å². The van der Waals surface area contributed by atoms with E-state index in [1.807, 2.05) is 36.0 Å². The number of thiophene rings is 1. The van der Waals surface area contributed by atoms with E-state index in [1.165, 1.54) is 9.77 Å². The zero-order chi connectivity index (χ0) is 16.8. The molecular weight excluding hydrogens is 370 g/mol. The van der Waals surface area contributed by atoms with Gasteiger partial charge in [-0.15, -0.1) is 23.1 Å². The highest BCUT2D eigenvalue weighted by atomic mass is 35.5. The van der Waals surface area contributed by atoms with E-state index in [9.17, 15) is 0 Å². The highest BCUT2D eigenvalue weighted by Crippen LogP contribution is 2.51. The topological polar surface area (TPSA) is 21.6 Å². The summed E-state index contributed by atoms with van der Waals surface area (Å²) in [5.74, 6) is 1.07. The van der Waals surface area contributed by atoms with Gasteiger partial charge in [0.15, 0.2) is 0 Å². The zero-order valence-electron chi connectivity index (χ0n) is 13.2.